The number of hydrogen-bond acceptors (Lipinski definition) is 5. The van der Waals surface area contributed by atoms with Gasteiger partial charge in [-0.15, -0.1) is 0 Å². The molecule has 7 heteroatoms. The van der Waals surface area contributed by atoms with Gasteiger partial charge in [-0.05, 0) is 23.8 Å². The molecule has 1 N–H and O–H groups in total. The largest absolute Gasteiger partial charge is 0.481 e. The highest BCUT2D eigenvalue weighted by Crippen LogP contribution is 2.24. The number of thioether (sulfide) groups is 1. The number of carboxylic acid groups (broad SMARTS) is 1. The molecule has 0 aliphatic heterocycles. The third-order valence-electron chi connectivity index (χ3n) is 2.93. The molecule has 0 aromatic carbocycles. The topological polar surface area (TPSA) is 80.9 Å². The lowest BCUT2D eigenvalue weighted by molar-refractivity contribution is -0.133. The first kappa shape index (κ1) is 13.6. The van der Waals surface area contributed by atoms with Crippen LogP contribution in [-0.4, -0.2) is 36.3 Å². The van der Waals surface area contributed by atoms with Gasteiger partial charge in [0.25, 0.3) is 0 Å². The van der Waals surface area contributed by atoms with Crippen molar-refractivity contribution in [2.24, 2.45) is 0 Å². The number of nitrogens with zero attached hydrogens (tertiary/aromatic N) is 4. The molecule has 0 aliphatic carbocycles. The van der Waals surface area contributed by atoms with Crippen molar-refractivity contribution >= 4 is 28.8 Å². The fraction of sp³-hybridized carbons (Fsp3) is 0.143. The van der Waals surface area contributed by atoms with E-state index in [0.717, 1.165) is 16.6 Å². The van der Waals surface area contributed by atoms with Crippen molar-refractivity contribution in [2.75, 3.05) is 5.75 Å². The molecule has 21 heavy (non-hydrogen) atoms. The van der Waals surface area contributed by atoms with E-state index in [1.54, 1.807) is 24.8 Å². The van der Waals surface area contributed by atoms with Crippen LogP contribution in [0.15, 0.2) is 48.1 Å². The number of carbonyl (C=O) groups is 1. The van der Waals surface area contributed by atoms with Crippen molar-refractivity contribution in [3.05, 3.63) is 48.5 Å². The van der Waals surface area contributed by atoms with Gasteiger partial charge in [0.15, 0.2) is 5.16 Å². The molecular formula is C14H12N4O2S. The molecule has 3 heterocycles. The predicted molar refractivity (Wildman–Crippen MR) is 79.2 cm³/mol. The van der Waals surface area contributed by atoms with Gasteiger partial charge in [-0.2, -0.15) is 0 Å². The number of pyridine rings is 2. The minimum absolute atomic E-state index is 0.0207. The summed E-state index contributed by atoms with van der Waals surface area (Å²) in [4.78, 5) is 23.3. The van der Waals surface area contributed by atoms with E-state index in [1.807, 2.05) is 22.8 Å². The van der Waals surface area contributed by atoms with Gasteiger partial charge >= 0.3 is 5.97 Å². The number of imidazole rings is 1. The summed E-state index contributed by atoms with van der Waals surface area (Å²) in [7, 11) is 0. The lowest BCUT2D eigenvalue weighted by atomic mass is 10.2. The highest BCUT2D eigenvalue weighted by molar-refractivity contribution is 7.99. The molecule has 0 unspecified atom stereocenters. The normalized spacial score (nSPS) is 10.9. The Bertz CT molecular complexity index is 773. The molecule has 0 saturated carbocycles. The van der Waals surface area contributed by atoms with Crippen molar-refractivity contribution in [3.8, 4) is 0 Å². The van der Waals surface area contributed by atoms with Gasteiger partial charge in [-0.3, -0.25) is 14.8 Å². The second-order valence-electron chi connectivity index (χ2n) is 4.38. The van der Waals surface area contributed by atoms with Gasteiger partial charge in [-0.1, -0.05) is 11.8 Å². The molecule has 3 rings (SSSR count). The number of fused-ring (bicyclic) bond motifs is 1. The zero-order chi connectivity index (χ0) is 14.7. The Morgan fingerprint density at radius 1 is 1.19 bits per heavy atom. The van der Waals surface area contributed by atoms with Crippen LogP contribution in [0.25, 0.3) is 11.0 Å². The molecule has 3 aromatic heterocycles. The Morgan fingerprint density at radius 2 is 1.95 bits per heavy atom. The van der Waals surface area contributed by atoms with Crippen LogP contribution in [0.1, 0.15) is 5.56 Å². The fourth-order valence-corrected chi connectivity index (χ4v) is 2.75. The molecule has 0 spiro atoms. The van der Waals surface area contributed by atoms with Crippen LogP contribution < -0.4 is 0 Å². The second-order valence-corrected chi connectivity index (χ2v) is 5.33. The highest BCUT2D eigenvalue weighted by Gasteiger charge is 2.13. The second kappa shape index (κ2) is 5.92. The van der Waals surface area contributed by atoms with Gasteiger partial charge in [0, 0.05) is 18.6 Å². The van der Waals surface area contributed by atoms with Crippen molar-refractivity contribution in [1.82, 2.24) is 19.5 Å². The number of hydrogen-bond donors (Lipinski definition) is 1. The van der Waals surface area contributed by atoms with E-state index in [-0.39, 0.29) is 5.75 Å². The standard InChI is InChI=1S/C14H12N4O2S/c19-13(20)9-21-14-17-11-7-16-6-3-12(11)18(14)8-10-1-4-15-5-2-10/h1-7H,8-9H2,(H,19,20). The maximum absolute atomic E-state index is 10.8. The van der Waals surface area contributed by atoms with Gasteiger partial charge in [-0.25, -0.2) is 4.98 Å². The van der Waals surface area contributed by atoms with Crippen molar-refractivity contribution in [1.29, 1.82) is 0 Å². The van der Waals surface area contributed by atoms with Gasteiger partial charge in [0.2, 0.25) is 0 Å². The third-order valence-corrected chi connectivity index (χ3v) is 3.89. The van der Waals surface area contributed by atoms with E-state index in [9.17, 15) is 4.79 Å². The third kappa shape index (κ3) is 3.03. The van der Waals surface area contributed by atoms with Crippen molar-refractivity contribution in [3.63, 3.8) is 0 Å². The zero-order valence-electron chi connectivity index (χ0n) is 11.0. The Kier molecular flexibility index (Phi) is 3.83. The molecule has 0 saturated heterocycles. The van der Waals surface area contributed by atoms with E-state index in [4.69, 9.17) is 5.11 Å². The van der Waals surface area contributed by atoms with Crippen LogP contribution in [0, 0.1) is 0 Å². The highest BCUT2D eigenvalue weighted by atomic mass is 32.2. The number of aliphatic carboxylic acids is 1. The smallest absolute Gasteiger partial charge is 0.313 e. The maximum Gasteiger partial charge on any atom is 0.313 e. The minimum Gasteiger partial charge on any atom is -0.481 e. The minimum atomic E-state index is -0.861. The van der Waals surface area contributed by atoms with Gasteiger partial charge in [0.1, 0.15) is 5.52 Å². The van der Waals surface area contributed by atoms with E-state index in [2.05, 4.69) is 15.0 Å². The molecule has 106 valence electrons. The quantitative estimate of drug-likeness (QED) is 0.726. The molecule has 0 aliphatic rings. The van der Waals surface area contributed by atoms with Crippen molar-refractivity contribution in [2.45, 2.75) is 11.7 Å². The molecular weight excluding hydrogens is 288 g/mol. The average molecular weight is 300 g/mol. The summed E-state index contributed by atoms with van der Waals surface area (Å²) in [6, 6.07) is 5.74. The van der Waals surface area contributed by atoms with E-state index >= 15 is 0 Å². The maximum atomic E-state index is 10.8. The predicted octanol–water partition coefficient (Wildman–Crippen LogP) is 2.05. The summed E-state index contributed by atoms with van der Waals surface area (Å²) in [6.45, 7) is 0.616. The van der Waals surface area contributed by atoms with Gasteiger partial charge in [0.05, 0.1) is 24.0 Å². The molecule has 0 bridgehead atoms. The van der Waals surface area contributed by atoms with E-state index in [0.29, 0.717) is 11.7 Å². The number of carboxylic acids is 1. The number of aromatic nitrogens is 4. The summed E-state index contributed by atoms with van der Waals surface area (Å²) in [5, 5.41) is 9.53. The zero-order valence-corrected chi connectivity index (χ0v) is 11.8. The van der Waals surface area contributed by atoms with Gasteiger partial charge < -0.3 is 9.67 Å². The van der Waals surface area contributed by atoms with E-state index in [1.165, 1.54) is 11.8 Å². The lowest BCUT2D eigenvalue weighted by Gasteiger charge is -2.08. The SMILES string of the molecule is O=C(O)CSc1nc2cnccc2n1Cc1ccncc1. The Morgan fingerprint density at radius 3 is 2.71 bits per heavy atom. The van der Waals surface area contributed by atoms with Crippen LogP contribution in [0.2, 0.25) is 0 Å². The van der Waals surface area contributed by atoms with Crippen LogP contribution in [0.5, 0.6) is 0 Å². The molecule has 6 nitrogen and oxygen atoms in total. The molecule has 0 radical (unpaired) electrons. The summed E-state index contributed by atoms with van der Waals surface area (Å²) in [5.74, 6) is -0.881. The summed E-state index contributed by atoms with van der Waals surface area (Å²) in [6.07, 6.45) is 6.86. The van der Waals surface area contributed by atoms with Crippen LogP contribution in [0.3, 0.4) is 0 Å². The Labute approximate surface area is 124 Å². The summed E-state index contributed by atoms with van der Waals surface area (Å²) >= 11 is 1.21. The number of rotatable bonds is 5. The van der Waals surface area contributed by atoms with E-state index < -0.39 is 5.97 Å². The lowest BCUT2D eigenvalue weighted by Crippen LogP contribution is -2.04. The summed E-state index contributed by atoms with van der Waals surface area (Å²) < 4.78 is 2.00. The Hall–Kier alpha value is -2.41. The molecule has 0 amide bonds. The fourth-order valence-electron chi connectivity index (χ4n) is 2.02. The van der Waals surface area contributed by atoms with Crippen LogP contribution in [-0.2, 0) is 11.3 Å². The van der Waals surface area contributed by atoms with Crippen molar-refractivity contribution < 1.29 is 9.90 Å². The van der Waals surface area contributed by atoms with Crippen LogP contribution >= 0.6 is 11.8 Å². The molecule has 3 aromatic rings. The average Bonchev–Trinajstić information content (AvgIpc) is 2.84. The Balaban J connectivity index is 2.00. The monoisotopic (exact) mass is 300 g/mol. The first-order valence-electron chi connectivity index (χ1n) is 6.28. The first-order valence-corrected chi connectivity index (χ1v) is 7.26. The van der Waals surface area contributed by atoms with Crippen LogP contribution in [0.4, 0.5) is 0 Å². The first-order chi connectivity index (χ1) is 10.2. The molecule has 0 fully saturated rings. The molecule has 0 atom stereocenters. The summed E-state index contributed by atoms with van der Waals surface area (Å²) in [5.41, 5.74) is 2.78.